The van der Waals surface area contributed by atoms with Gasteiger partial charge in [-0.1, -0.05) is 12.1 Å². The van der Waals surface area contributed by atoms with Crippen molar-refractivity contribution >= 4 is 17.6 Å². The third-order valence-electron chi connectivity index (χ3n) is 2.11. The van der Waals surface area contributed by atoms with E-state index in [0.29, 0.717) is 11.4 Å². The summed E-state index contributed by atoms with van der Waals surface area (Å²) >= 11 is 0. The molecule has 18 heavy (non-hydrogen) atoms. The Bertz CT molecular complexity index is 432. The first kappa shape index (κ1) is 13.8. The summed E-state index contributed by atoms with van der Waals surface area (Å²) in [7, 11) is 1.22. The smallest absolute Gasteiger partial charge is 0.346 e. The molecular formula is C12H15NO5. The number of anilines is 1. The number of esters is 2. The molecule has 0 aromatic heterocycles. The fourth-order valence-electron chi connectivity index (χ4n) is 1.19. The molecule has 98 valence electrons. The first-order valence-electron chi connectivity index (χ1n) is 5.29. The molecule has 0 aliphatic carbocycles. The lowest BCUT2D eigenvalue weighted by molar-refractivity contribution is -0.165. The first-order chi connectivity index (χ1) is 8.54. The van der Waals surface area contributed by atoms with Crippen LogP contribution in [0.4, 0.5) is 5.69 Å². The number of carbonyl (C=O) groups excluding carboxylic acids is 2. The zero-order valence-electron chi connectivity index (χ0n) is 10.2. The first-order valence-corrected chi connectivity index (χ1v) is 5.29. The summed E-state index contributed by atoms with van der Waals surface area (Å²) in [6, 6.07) is 6.76. The molecule has 0 saturated carbocycles. The second kappa shape index (κ2) is 6.48. The molecule has 1 rings (SSSR count). The molecule has 0 heterocycles. The molecule has 0 radical (unpaired) electrons. The average Bonchev–Trinajstić information content (AvgIpc) is 2.36. The molecule has 0 aliphatic rings. The molecule has 0 saturated heterocycles. The topological polar surface area (TPSA) is 87.8 Å². The molecule has 2 N–H and O–H groups in total. The van der Waals surface area contributed by atoms with E-state index in [0.717, 1.165) is 0 Å². The number of para-hydroxylation sites is 2. The summed E-state index contributed by atoms with van der Waals surface area (Å²) in [5, 5.41) is 0. The second-order valence-corrected chi connectivity index (χ2v) is 3.48. The molecule has 0 fully saturated rings. The molecule has 6 heteroatoms. The Labute approximate surface area is 105 Å². The highest BCUT2D eigenvalue weighted by molar-refractivity contribution is 5.79. The minimum atomic E-state index is -0.959. The maximum atomic E-state index is 11.4. The Kier molecular flexibility index (Phi) is 4.98. The molecule has 0 spiro atoms. The highest BCUT2D eigenvalue weighted by Crippen LogP contribution is 2.19. The molecule has 6 nitrogen and oxygen atoms in total. The fraction of sp³-hybridized carbons (Fsp3) is 0.333. The predicted octanol–water partition coefficient (Wildman–Crippen LogP) is 0.752. The van der Waals surface area contributed by atoms with Gasteiger partial charge in [0.15, 0.2) is 12.7 Å². The van der Waals surface area contributed by atoms with Gasteiger partial charge in [-0.05, 0) is 19.1 Å². The van der Waals surface area contributed by atoms with Crippen molar-refractivity contribution in [3.05, 3.63) is 24.3 Å². The van der Waals surface area contributed by atoms with Gasteiger partial charge in [0.05, 0.1) is 12.8 Å². The Morgan fingerprint density at radius 2 is 2.00 bits per heavy atom. The molecule has 1 aromatic rings. The van der Waals surface area contributed by atoms with E-state index >= 15 is 0 Å². The number of hydrogen-bond acceptors (Lipinski definition) is 6. The van der Waals surface area contributed by atoms with Crippen LogP contribution in [0.2, 0.25) is 0 Å². The van der Waals surface area contributed by atoms with Crippen molar-refractivity contribution in [1.82, 2.24) is 0 Å². The van der Waals surface area contributed by atoms with Gasteiger partial charge in [-0.15, -0.1) is 0 Å². The average molecular weight is 253 g/mol. The van der Waals surface area contributed by atoms with E-state index in [9.17, 15) is 9.59 Å². The Morgan fingerprint density at radius 1 is 1.33 bits per heavy atom. The molecule has 1 unspecified atom stereocenters. The summed E-state index contributed by atoms with van der Waals surface area (Å²) in [6.07, 6.45) is -0.959. The zero-order valence-corrected chi connectivity index (χ0v) is 10.2. The van der Waals surface area contributed by atoms with E-state index in [1.54, 1.807) is 24.3 Å². The van der Waals surface area contributed by atoms with Crippen LogP contribution in [0.5, 0.6) is 5.75 Å². The molecule has 0 amide bonds. The number of ether oxygens (including phenoxy) is 3. The van der Waals surface area contributed by atoms with E-state index in [-0.39, 0.29) is 6.61 Å². The van der Waals surface area contributed by atoms with Gasteiger partial charge in [0, 0.05) is 0 Å². The second-order valence-electron chi connectivity index (χ2n) is 3.48. The van der Waals surface area contributed by atoms with Gasteiger partial charge in [-0.3, -0.25) is 0 Å². The summed E-state index contributed by atoms with van der Waals surface area (Å²) in [5.74, 6) is -0.904. The van der Waals surface area contributed by atoms with Gasteiger partial charge < -0.3 is 19.9 Å². The van der Waals surface area contributed by atoms with Crippen molar-refractivity contribution in [3.8, 4) is 5.75 Å². The fourth-order valence-corrected chi connectivity index (χ4v) is 1.19. The van der Waals surface area contributed by atoms with Gasteiger partial charge >= 0.3 is 11.9 Å². The molecule has 0 aliphatic heterocycles. The van der Waals surface area contributed by atoms with Crippen LogP contribution in [0, 0.1) is 0 Å². The maximum Gasteiger partial charge on any atom is 0.346 e. The van der Waals surface area contributed by atoms with Crippen molar-refractivity contribution in [1.29, 1.82) is 0 Å². The minimum absolute atomic E-state index is 0.324. The largest absolute Gasteiger partial charge is 0.480 e. The number of carbonyl (C=O) groups is 2. The zero-order chi connectivity index (χ0) is 13.5. The molecular weight excluding hydrogens is 238 g/mol. The number of hydrogen-bond donors (Lipinski definition) is 1. The Hall–Kier alpha value is -2.24. The van der Waals surface area contributed by atoms with E-state index in [2.05, 4.69) is 4.74 Å². The maximum absolute atomic E-state index is 11.4. The van der Waals surface area contributed by atoms with Crippen LogP contribution >= 0.6 is 0 Å². The van der Waals surface area contributed by atoms with Crippen molar-refractivity contribution in [3.63, 3.8) is 0 Å². The van der Waals surface area contributed by atoms with Crippen LogP contribution in [0.3, 0.4) is 0 Å². The van der Waals surface area contributed by atoms with Gasteiger partial charge in [0.25, 0.3) is 0 Å². The lowest BCUT2D eigenvalue weighted by Crippen LogP contribution is -2.28. The normalized spacial score (nSPS) is 11.4. The summed E-state index contributed by atoms with van der Waals surface area (Å²) in [5.41, 5.74) is 6.05. The number of rotatable bonds is 5. The van der Waals surface area contributed by atoms with E-state index < -0.39 is 18.0 Å². The van der Waals surface area contributed by atoms with Crippen LogP contribution < -0.4 is 10.5 Å². The van der Waals surface area contributed by atoms with E-state index in [4.69, 9.17) is 15.2 Å². The van der Waals surface area contributed by atoms with Crippen molar-refractivity contribution in [2.75, 3.05) is 19.5 Å². The third kappa shape index (κ3) is 3.97. The van der Waals surface area contributed by atoms with Crippen molar-refractivity contribution in [2.45, 2.75) is 13.0 Å². The SMILES string of the molecule is COC(=O)C(C)OC(=O)COc1ccccc1N. The Balaban J connectivity index is 2.43. The van der Waals surface area contributed by atoms with E-state index in [1.165, 1.54) is 14.0 Å². The number of nitrogens with two attached hydrogens (primary N) is 1. The third-order valence-corrected chi connectivity index (χ3v) is 2.11. The molecule has 0 bridgehead atoms. The minimum Gasteiger partial charge on any atom is -0.480 e. The van der Waals surface area contributed by atoms with Gasteiger partial charge in [-0.2, -0.15) is 0 Å². The number of benzene rings is 1. The van der Waals surface area contributed by atoms with E-state index in [1.807, 2.05) is 0 Å². The number of methoxy groups -OCH3 is 1. The summed E-state index contributed by atoms with van der Waals surface area (Å²) < 4.78 is 14.4. The van der Waals surface area contributed by atoms with Gasteiger partial charge in [0.1, 0.15) is 5.75 Å². The van der Waals surface area contributed by atoms with Crippen LogP contribution in [0.1, 0.15) is 6.92 Å². The highest BCUT2D eigenvalue weighted by Gasteiger charge is 2.18. The van der Waals surface area contributed by atoms with Crippen molar-refractivity contribution < 1.29 is 23.8 Å². The molecule has 1 atom stereocenters. The van der Waals surface area contributed by atoms with Crippen molar-refractivity contribution in [2.24, 2.45) is 0 Å². The van der Waals surface area contributed by atoms with Crippen LogP contribution in [0.25, 0.3) is 0 Å². The monoisotopic (exact) mass is 253 g/mol. The lowest BCUT2D eigenvalue weighted by atomic mass is 10.3. The molecule has 1 aromatic carbocycles. The van der Waals surface area contributed by atoms with Gasteiger partial charge in [-0.25, -0.2) is 9.59 Å². The standard InChI is InChI=1S/C12H15NO5/c1-8(12(15)16-2)18-11(14)7-17-10-6-4-3-5-9(10)13/h3-6,8H,7,13H2,1-2H3. The Morgan fingerprint density at radius 3 is 2.61 bits per heavy atom. The van der Waals surface area contributed by atoms with Gasteiger partial charge in [0.2, 0.25) is 0 Å². The lowest BCUT2D eigenvalue weighted by Gasteiger charge is -2.12. The highest BCUT2D eigenvalue weighted by atomic mass is 16.6. The van der Waals surface area contributed by atoms with Crippen LogP contribution in [0.15, 0.2) is 24.3 Å². The summed E-state index contributed by atoms with van der Waals surface area (Å²) in [4.78, 5) is 22.4. The van der Waals surface area contributed by atoms with Crippen LogP contribution in [-0.2, 0) is 19.1 Å². The van der Waals surface area contributed by atoms with Crippen LogP contribution in [-0.4, -0.2) is 31.8 Å². The quantitative estimate of drug-likeness (QED) is 0.615. The predicted molar refractivity (Wildman–Crippen MR) is 63.9 cm³/mol. The summed E-state index contributed by atoms with van der Waals surface area (Å²) in [6.45, 7) is 1.09. The number of nitrogen functional groups attached to an aromatic ring is 1.